The van der Waals surface area contributed by atoms with Gasteiger partial charge in [0.25, 0.3) is 0 Å². The first kappa shape index (κ1) is 12.2. The number of nitrogen functional groups attached to an aromatic ring is 1. The molecule has 0 unspecified atom stereocenters. The van der Waals surface area contributed by atoms with Crippen LogP contribution in [-0.4, -0.2) is 9.55 Å². The van der Waals surface area contributed by atoms with Crippen molar-refractivity contribution in [1.82, 2.24) is 9.55 Å². The number of benzene rings is 2. The van der Waals surface area contributed by atoms with Crippen LogP contribution in [0.2, 0.25) is 0 Å². The van der Waals surface area contributed by atoms with Crippen LogP contribution in [0.3, 0.4) is 0 Å². The van der Waals surface area contributed by atoms with Gasteiger partial charge in [-0.2, -0.15) is 5.26 Å². The molecule has 0 aliphatic carbocycles. The minimum absolute atomic E-state index is 0.493. The molecule has 0 radical (unpaired) electrons. The lowest BCUT2D eigenvalue weighted by atomic mass is 10.1. The Hall–Kier alpha value is -2.80. The zero-order valence-electron chi connectivity index (χ0n) is 11.2. The van der Waals surface area contributed by atoms with E-state index in [1.54, 1.807) is 6.07 Å². The first-order valence-corrected chi connectivity index (χ1v) is 6.39. The van der Waals surface area contributed by atoms with Crippen molar-refractivity contribution in [2.45, 2.75) is 13.5 Å². The molecular formula is C16H14N4. The van der Waals surface area contributed by atoms with E-state index in [1.165, 1.54) is 5.56 Å². The first-order valence-electron chi connectivity index (χ1n) is 6.39. The van der Waals surface area contributed by atoms with Crippen molar-refractivity contribution in [3.63, 3.8) is 0 Å². The third-order valence-corrected chi connectivity index (χ3v) is 3.33. The molecule has 0 saturated heterocycles. The number of nitrogens with two attached hydrogens (primary N) is 1. The number of fused-ring (bicyclic) bond motifs is 1. The third kappa shape index (κ3) is 2.10. The average Bonchev–Trinajstić information content (AvgIpc) is 2.75. The first-order chi connectivity index (χ1) is 9.67. The molecule has 2 N–H and O–H groups in total. The molecule has 0 aliphatic heterocycles. The molecule has 4 heteroatoms. The van der Waals surface area contributed by atoms with E-state index in [-0.39, 0.29) is 0 Å². The largest absolute Gasteiger partial charge is 0.369 e. The number of nitrogens with zero attached hydrogens (tertiary/aromatic N) is 3. The maximum absolute atomic E-state index is 8.96. The smallest absolute Gasteiger partial charge is 0.201 e. The van der Waals surface area contributed by atoms with E-state index >= 15 is 0 Å². The minimum Gasteiger partial charge on any atom is -0.369 e. The second-order valence-electron chi connectivity index (χ2n) is 4.86. The number of hydrogen-bond acceptors (Lipinski definition) is 3. The zero-order chi connectivity index (χ0) is 14.1. The molecular weight excluding hydrogens is 248 g/mol. The van der Waals surface area contributed by atoms with Crippen molar-refractivity contribution in [2.24, 2.45) is 0 Å². The number of aryl methyl sites for hydroxylation is 1. The summed E-state index contributed by atoms with van der Waals surface area (Å²) in [6, 6.07) is 15.8. The molecule has 3 rings (SSSR count). The van der Waals surface area contributed by atoms with Gasteiger partial charge in [-0.25, -0.2) is 4.98 Å². The molecule has 20 heavy (non-hydrogen) atoms. The van der Waals surface area contributed by atoms with Crippen LogP contribution in [0.25, 0.3) is 11.0 Å². The van der Waals surface area contributed by atoms with Gasteiger partial charge in [-0.1, -0.05) is 18.2 Å². The Kier molecular flexibility index (Phi) is 2.88. The van der Waals surface area contributed by atoms with Gasteiger partial charge in [0.05, 0.1) is 29.2 Å². The Morgan fingerprint density at radius 1 is 1.25 bits per heavy atom. The summed E-state index contributed by atoms with van der Waals surface area (Å²) in [4.78, 5) is 4.37. The molecule has 1 aromatic heterocycles. The van der Waals surface area contributed by atoms with Gasteiger partial charge in [0.2, 0.25) is 5.95 Å². The van der Waals surface area contributed by atoms with Crippen LogP contribution in [0.15, 0.2) is 42.5 Å². The maximum Gasteiger partial charge on any atom is 0.201 e. The molecule has 1 heterocycles. The normalized spacial score (nSPS) is 10.6. The highest BCUT2D eigenvalue weighted by atomic mass is 15.1. The van der Waals surface area contributed by atoms with Crippen molar-refractivity contribution in [2.75, 3.05) is 5.73 Å². The fourth-order valence-corrected chi connectivity index (χ4v) is 2.34. The number of anilines is 1. The fraction of sp³-hybridized carbons (Fsp3) is 0.125. The maximum atomic E-state index is 8.96. The van der Waals surface area contributed by atoms with Gasteiger partial charge in [0.15, 0.2) is 0 Å². The van der Waals surface area contributed by atoms with Crippen molar-refractivity contribution in [3.8, 4) is 6.07 Å². The van der Waals surface area contributed by atoms with Gasteiger partial charge in [-0.15, -0.1) is 0 Å². The monoisotopic (exact) mass is 262 g/mol. The molecule has 98 valence electrons. The van der Waals surface area contributed by atoms with Gasteiger partial charge in [0.1, 0.15) is 0 Å². The van der Waals surface area contributed by atoms with E-state index in [9.17, 15) is 0 Å². The molecule has 0 spiro atoms. The molecule has 2 aromatic carbocycles. The third-order valence-electron chi connectivity index (χ3n) is 3.33. The summed E-state index contributed by atoms with van der Waals surface area (Å²) in [5, 5.41) is 8.96. The summed E-state index contributed by atoms with van der Waals surface area (Å²) in [6.07, 6.45) is 0. The number of imidazole rings is 1. The predicted molar refractivity (Wildman–Crippen MR) is 79.1 cm³/mol. The molecule has 0 bridgehead atoms. The fourth-order valence-electron chi connectivity index (χ4n) is 2.34. The Bertz CT molecular complexity index is 824. The quantitative estimate of drug-likeness (QED) is 0.772. The van der Waals surface area contributed by atoms with E-state index in [0.29, 0.717) is 18.1 Å². The zero-order valence-corrected chi connectivity index (χ0v) is 11.2. The van der Waals surface area contributed by atoms with Gasteiger partial charge < -0.3 is 10.3 Å². The summed E-state index contributed by atoms with van der Waals surface area (Å²) in [5.74, 6) is 0.493. The highest BCUT2D eigenvalue weighted by Crippen LogP contribution is 2.21. The lowest BCUT2D eigenvalue weighted by Gasteiger charge is -2.07. The lowest BCUT2D eigenvalue weighted by molar-refractivity contribution is 0.838. The number of rotatable bonds is 2. The topological polar surface area (TPSA) is 67.6 Å². The lowest BCUT2D eigenvalue weighted by Crippen LogP contribution is -2.04. The standard InChI is InChI=1S/C16H14N4/c1-11-5-6-14-15(7-11)20(16(18)19-14)10-13-4-2-3-12(8-13)9-17/h2-8H,10H2,1H3,(H2,18,19). The van der Waals surface area contributed by atoms with Crippen LogP contribution in [0.1, 0.15) is 16.7 Å². The Labute approximate surface area is 117 Å². The Balaban J connectivity index is 2.08. The molecule has 4 nitrogen and oxygen atoms in total. The van der Waals surface area contributed by atoms with Crippen LogP contribution in [0.4, 0.5) is 5.95 Å². The van der Waals surface area contributed by atoms with E-state index in [2.05, 4.69) is 17.1 Å². The summed E-state index contributed by atoms with van der Waals surface area (Å²) >= 11 is 0. The van der Waals surface area contributed by atoms with Crippen molar-refractivity contribution < 1.29 is 0 Å². The molecule has 0 atom stereocenters. The number of hydrogen-bond donors (Lipinski definition) is 1. The molecule has 3 aromatic rings. The predicted octanol–water partition coefficient (Wildman–Crippen LogP) is 2.85. The number of nitriles is 1. The molecule has 0 fully saturated rings. The molecule has 0 aliphatic rings. The van der Waals surface area contributed by atoms with Gasteiger partial charge in [-0.3, -0.25) is 0 Å². The van der Waals surface area contributed by atoms with Gasteiger partial charge in [-0.05, 0) is 42.3 Å². The van der Waals surface area contributed by atoms with Crippen molar-refractivity contribution in [1.29, 1.82) is 5.26 Å². The van der Waals surface area contributed by atoms with E-state index in [4.69, 9.17) is 11.0 Å². The van der Waals surface area contributed by atoms with E-state index in [0.717, 1.165) is 16.6 Å². The van der Waals surface area contributed by atoms with Crippen LogP contribution in [0, 0.1) is 18.3 Å². The average molecular weight is 262 g/mol. The van der Waals surface area contributed by atoms with Crippen molar-refractivity contribution >= 4 is 17.0 Å². The summed E-state index contributed by atoms with van der Waals surface area (Å²) in [7, 11) is 0. The van der Waals surface area contributed by atoms with Gasteiger partial charge >= 0.3 is 0 Å². The van der Waals surface area contributed by atoms with E-state index < -0.39 is 0 Å². The Morgan fingerprint density at radius 3 is 2.90 bits per heavy atom. The number of aromatic nitrogens is 2. The van der Waals surface area contributed by atoms with Crippen LogP contribution >= 0.6 is 0 Å². The van der Waals surface area contributed by atoms with Crippen LogP contribution < -0.4 is 5.73 Å². The molecule has 0 amide bonds. The van der Waals surface area contributed by atoms with Crippen LogP contribution in [-0.2, 0) is 6.54 Å². The van der Waals surface area contributed by atoms with Crippen molar-refractivity contribution in [3.05, 3.63) is 59.2 Å². The summed E-state index contributed by atoms with van der Waals surface area (Å²) in [5.41, 5.74) is 10.8. The highest BCUT2D eigenvalue weighted by Gasteiger charge is 2.09. The second-order valence-corrected chi connectivity index (χ2v) is 4.86. The SMILES string of the molecule is Cc1ccc2nc(N)n(Cc3cccc(C#N)c3)c2c1. The van der Waals surface area contributed by atoms with Crippen LogP contribution in [0.5, 0.6) is 0 Å². The van der Waals surface area contributed by atoms with Gasteiger partial charge in [0, 0.05) is 0 Å². The molecule has 0 saturated carbocycles. The summed E-state index contributed by atoms with van der Waals surface area (Å²) in [6.45, 7) is 2.66. The summed E-state index contributed by atoms with van der Waals surface area (Å²) < 4.78 is 1.97. The van der Waals surface area contributed by atoms with E-state index in [1.807, 2.05) is 41.8 Å². The Morgan fingerprint density at radius 2 is 2.10 bits per heavy atom. The second kappa shape index (κ2) is 4.71. The minimum atomic E-state index is 0.493. The highest BCUT2D eigenvalue weighted by molar-refractivity contribution is 5.79.